The summed E-state index contributed by atoms with van der Waals surface area (Å²) in [5, 5.41) is 33.5. The van der Waals surface area contributed by atoms with Crippen LogP contribution in [0.15, 0.2) is 29.4 Å². The summed E-state index contributed by atoms with van der Waals surface area (Å²) in [6, 6.07) is 8.03. The van der Waals surface area contributed by atoms with Crippen LogP contribution in [0, 0.1) is 10.8 Å². The second-order valence-electron chi connectivity index (χ2n) is 4.63. The molecule has 2 rings (SSSR count). The zero-order chi connectivity index (χ0) is 15.2. The third kappa shape index (κ3) is 3.53. The van der Waals surface area contributed by atoms with Gasteiger partial charge in [-0.15, -0.1) is 0 Å². The highest BCUT2D eigenvalue weighted by Gasteiger charge is 2.27. The average molecular weight is 306 g/mol. The Labute approximate surface area is 128 Å². The van der Waals surface area contributed by atoms with Gasteiger partial charge in [0.05, 0.1) is 6.04 Å². The molecule has 1 aromatic rings. The summed E-state index contributed by atoms with van der Waals surface area (Å²) >= 11 is 3.84. The minimum absolute atomic E-state index is 0.0353. The lowest BCUT2D eigenvalue weighted by atomic mass is 9.83. The molecule has 1 aliphatic rings. The first-order chi connectivity index (χ1) is 10.2. The molecule has 0 spiro atoms. The number of amidine groups is 2. The first kappa shape index (κ1) is 15.3. The Bertz CT molecular complexity index is 574. The van der Waals surface area contributed by atoms with Gasteiger partial charge in [0.25, 0.3) is 0 Å². The molecule has 0 aliphatic heterocycles. The van der Waals surface area contributed by atoms with E-state index >= 15 is 0 Å². The van der Waals surface area contributed by atoms with Gasteiger partial charge in [0.2, 0.25) is 0 Å². The Kier molecular flexibility index (Phi) is 5.18. The third-order valence-electron chi connectivity index (χ3n) is 3.29. The summed E-state index contributed by atoms with van der Waals surface area (Å²) in [7, 11) is 0. The molecule has 1 atom stereocenters. The van der Waals surface area contributed by atoms with Crippen LogP contribution < -0.4 is 15.4 Å². The van der Waals surface area contributed by atoms with E-state index in [0.29, 0.717) is 13.1 Å². The molecular weight excluding hydrogens is 288 g/mol. The van der Waals surface area contributed by atoms with Gasteiger partial charge < -0.3 is 15.8 Å². The monoisotopic (exact) mass is 306 g/mol. The summed E-state index contributed by atoms with van der Waals surface area (Å²) in [5.41, 5.74) is 2.22. The number of oxime groups is 1. The number of rotatable bonds is 6. The lowest BCUT2D eigenvalue weighted by Crippen LogP contribution is -2.45. The fourth-order valence-electron chi connectivity index (χ4n) is 2.16. The first-order valence-corrected chi connectivity index (χ1v) is 6.97. The average Bonchev–Trinajstić information content (AvgIpc) is 2.48. The van der Waals surface area contributed by atoms with E-state index in [4.69, 9.17) is 16.0 Å². The molecule has 1 unspecified atom stereocenters. The van der Waals surface area contributed by atoms with Crippen LogP contribution in [0.5, 0.6) is 0 Å². The van der Waals surface area contributed by atoms with Crippen molar-refractivity contribution in [1.29, 1.82) is 10.8 Å². The van der Waals surface area contributed by atoms with Crippen molar-refractivity contribution in [2.24, 2.45) is 5.16 Å². The molecule has 112 valence electrons. The van der Waals surface area contributed by atoms with Gasteiger partial charge in [-0.2, -0.15) is 0 Å². The SMILES string of the molecule is N=C(NC1Cc2ccccc21)C(=N)/C(=N\O)NCCNS. The number of fused-ring (bicyclic) bond motifs is 1. The van der Waals surface area contributed by atoms with Gasteiger partial charge in [0, 0.05) is 13.1 Å². The zero-order valence-electron chi connectivity index (χ0n) is 11.3. The Morgan fingerprint density at radius 2 is 2.10 bits per heavy atom. The van der Waals surface area contributed by atoms with Crippen LogP contribution in [-0.2, 0) is 6.42 Å². The highest BCUT2D eigenvalue weighted by Crippen LogP contribution is 2.32. The molecule has 1 aromatic carbocycles. The maximum absolute atomic E-state index is 8.93. The molecule has 1 aliphatic carbocycles. The molecule has 0 bridgehead atoms. The maximum atomic E-state index is 8.93. The summed E-state index contributed by atoms with van der Waals surface area (Å²) < 4.78 is 2.63. The number of hydrogen-bond acceptors (Lipinski definition) is 6. The van der Waals surface area contributed by atoms with E-state index in [9.17, 15) is 0 Å². The Hall–Kier alpha value is -2.06. The van der Waals surface area contributed by atoms with E-state index in [2.05, 4.69) is 39.4 Å². The van der Waals surface area contributed by atoms with E-state index < -0.39 is 0 Å². The van der Waals surface area contributed by atoms with Gasteiger partial charge in [0.15, 0.2) is 5.84 Å². The molecule has 7 nitrogen and oxygen atoms in total. The second kappa shape index (κ2) is 7.09. The maximum Gasteiger partial charge on any atom is 0.194 e. The van der Waals surface area contributed by atoms with Gasteiger partial charge in [-0.3, -0.25) is 15.5 Å². The van der Waals surface area contributed by atoms with Gasteiger partial charge in [-0.1, -0.05) is 42.2 Å². The standard InChI is InChI=1S/C13H18N6OS/c14-11(13(19-20)16-5-6-17-21)12(15)18-10-7-8-3-1-2-4-9(8)10/h1-4,10,14,17,20-21H,5-7H2,(H2,15,18)(H,16,19). The van der Waals surface area contributed by atoms with E-state index in [1.165, 1.54) is 5.56 Å². The van der Waals surface area contributed by atoms with Gasteiger partial charge in [-0.25, -0.2) is 0 Å². The minimum Gasteiger partial charge on any atom is -0.409 e. The zero-order valence-corrected chi connectivity index (χ0v) is 12.2. The van der Waals surface area contributed by atoms with Crippen LogP contribution in [0.4, 0.5) is 0 Å². The van der Waals surface area contributed by atoms with Crippen LogP contribution in [0.3, 0.4) is 0 Å². The molecule has 0 aromatic heterocycles. The largest absolute Gasteiger partial charge is 0.409 e. The Balaban J connectivity index is 1.90. The molecule has 0 saturated carbocycles. The van der Waals surface area contributed by atoms with E-state index in [-0.39, 0.29) is 23.4 Å². The van der Waals surface area contributed by atoms with Crippen molar-refractivity contribution in [3.8, 4) is 0 Å². The summed E-state index contributed by atoms with van der Waals surface area (Å²) in [6.45, 7) is 0.969. The second-order valence-corrected chi connectivity index (χ2v) is 4.95. The minimum atomic E-state index is -0.180. The van der Waals surface area contributed by atoms with E-state index in [1.807, 2.05) is 18.2 Å². The Morgan fingerprint density at radius 3 is 2.76 bits per heavy atom. The quantitative estimate of drug-likeness (QED) is 0.104. The van der Waals surface area contributed by atoms with Gasteiger partial charge >= 0.3 is 0 Å². The van der Waals surface area contributed by atoms with Crippen molar-refractivity contribution in [2.75, 3.05) is 13.1 Å². The van der Waals surface area contributed by atoms with E-state index in [1.54, 1.807) is 0 Å². The fraction of sp³-hybridized carbons (Fsp3) is 0.308. The van der Waals surface area contributed by atoms with Crippen LogP contribution in [0.2, 0.25) is 0 Å². The van der Waals surface area contributed by atoms with Crippen molar-refractivity contribution in [3.63, 3.8) is 0 Å². The van der Waals surface area contributed by atoms with Crippen LogP contribution in [-0.4, -0.2) is 35.7 Å². The number of nitrogens with one attached hydrogen (secondary N) is 5. The molecule has 0 radical (unpaired) electrons. The van der Waals surface area contributed by atoms with Crippen LogP contribution in [0.25, 0.3) is 0 Å². The van der Waals surface area contributed by atoms with Crippen molar-refractivity contribution < 1.29 is 5.21 Å². The van der Waals surface area contributed by atoms with Crippen LogP contribution in [0.1, 0.15) is 17.2 Å². The van der Waals surface area contributed by atoms with Crippen LogP contribution >= 0.6 is 12.8 Å². The van der Waals surface area contributed by atoms with Gasteiger partial charge in [-0.05, 0) is 17.5 Å². The number of nitrogens with zero attached hydrogens (tertiary/aromatic N) is 1. The highest BCUT2D eigenvalue weighted by molar-refractivity contribution is 7.78. The predicted molar refractivity (Wildman–Crippen MR) is 85.7 cm³/mol. The van der Waals surface area contributed by atoms with Crippen molar-refractivity contribution >= 4 is 30.2 Å². The molecule has 0 saturated heterocycles. The fourth-order valence-corrected chi connectivity index (χ4v) is 2.27. The topological polar surface area (TPSA) is 116 Å². The molecule has 6 N–H and O–H groups in total. The highest BCUT2D eigenvalue weighted by atomic mass is 32.1. The summed E-state index contributed by atoms with van der Waals surface area (Å²) in [4.78, 5) is 0. The lowest BCUT2D eigenvalue weighted by molar-refractivity contribution is 0.318. The molecule has 8 heteroatoms. The number of thiol groups is 1. The molecular formula is C13H18N6OS. The number of hydrogen-bond donors (Lipinski definition) is 7. The van der Waals surface area contributed by atoms with Crippen molar-refractivity contribution in [3.05, 3.63) is 35.4 Å². The molecule has 0 heterocycles. The molecule has 21 heavy (non-hydrogen) atoms. The third-order valence-corrected chi connectivity index (χ3v) is 3.51. The normalized spacial score (nSPS) is 16.6. The molecule has 0 fully saturated rings. The van der Waals surface area contributed by atoms with Crippen molar-refractivity contribution in [2.45, 2.75) is 12.5 Å². The predicted octanol–water partition coefficient (Wildman–Crippen LogP) is 0.682. The number of benzene rings is 1. The Morgan fingerprint density at radius 1 is 1.33 bits per heavy atom. The lowest BCUT2D eigenvalue weighted by Gasteiger charge is -2.31. The smallest absolute Gasteiger partial charge is 0.194 e. The van der Waals surface area contributed by atoms with Gasteiger partial charge in [0.1, 0.15) is 11.5 Å². The van der Waals surface area contributed by atoms with Crippen molar-refractivity contribution in [1.82, 2.24) is 15.4 Å². The van der Waals surface area contributed by atoms with E-state index in [0.717, 1.165) is 12.0 Å². The summed E-state index contributed by atoms with van der Waals surface area (Å²) in [6.07, 6.45) is 0.828. The first-order valence-electron chi connectivity index (χ1n) is 6.52. The summed E-state index contributed by atoms with van der Waals surface area (Å²) in [5.74, 6) is -0.114. The molecule has 0 amide bonds.